The lowest BCUT2D eigenvalue weighted by Gasteiger charge is -2.08. The molecule has 0 aliphatic heterocycles. The molecule has 0 unspecified atom stereocenters. The number of hydrogen-bond donors (Lipinski definition) is 1. The average molecular weight is 337 g/mol. The molecule has 1 N–H and O–H groups in total. The molecule has 0 aliphatic rings. The van der Waals surface area contributed by atoms with Gasteiger partial charge >= 0.3 is 6.09 Å². The summed E-state index contributed by atoms with van der Waals surface area (Å²) < 4.78 is 18.6. The molecule has 0 saturated carbocycles. The van der Waals surface area contributed by atoms with Crippen LogP contribution >= 0.6 is 22.6 Å². The summed E-state index contributed by atoms with van der Waals surface area (Å²) in [6.45, 7) is 4.23. The van der Waals surface area contributed by atoms with Crippen LogP contribution in [0, 0.1) is 15.3 Å². The summed E-state index contributed by atoms with van der Waals surface area (Å²) in [6, 6.07) is 4.48. The normalized spacial score (nSPS) is 10.3. The second-order valence-electron chi connectivity index (χ2n) is 3.75. The second-order valence-corrected chi connectivity index (χ2v) is 4.91. The van der Waals surface area contributed by atoms with Crippen LogP contribution in [0.25, 0.3) is 0 Å². The largest absolute Gasteiger partial charge is 0.449 e. The van der Waals surface area contributed by atoms with Gasteiger partial charge in [0.2, 0.25) is 0 Å². The molecule has 0 bridgehead atoms. The minimum absolute atomic E-state index is 0.277. The van der Waals surface area contributed by atoms with Gasteiger partial charge in [-0.05, 0) is 46.7 Å². The van der Waals surface area contributed by atoms with Crippen molar-refractivity contribution < 1.29 is 13.9 Å². The van der Waals surface area contributed by atoms with E-state index in [1.807, 2.05) is 36.4 Å². The van der Waals surface area contributed by atoms with Crippen molar-refractivity contribution in [3.8, 4) is 0 Å². The number of carbonyl (C=O) groups is 1. The van der Waals surface area contributed by atoms with Crippen LogP contribution in [0.15, 0.2) is 18.2 Å². The van der Waals surface area contributed by atoms with E-state index in [9.17, 15) is 9.18 Å². The van der Waals surface area contributed by atoms with Crippen molar-refractivity contribution in [3.05, 3.63) is 27.6 Å². The lowest BCUT2D eigenvalue weighted by molar-refractivity contribution is 0.147. The lowest BCUT2D eigenvalue weighted by Crippen LogP contribution is -2.16. The van der Waals surface area contributed by atoms with Crippen molar-refractivity contribution in [2.75, 3.05) is 11.9 Å². The van der Waals surface area contributed by atoms with Crippen molar-refractivity contribution in [2.45, 2.75) is 13.8 Å². The van der Waals surface area contributed by atoms with Gasteiger partial charge in [0.05, 0.1) is 6.61 Å². The van der Waals surface area contributed by atoms with Crippen LogP contribution in [0.1, 0.15) is 13.8 Å². The molecular weight excluding hydrogens is 324 g/mol. The van der Waals surface area contributed by atoms with Crippen LogP contribution in [0.4, 0.5) is 14.9 Å². The third kappa shape index (κ3) is 4.34. The molecule has 0 atom stereocenters. The van der Waals surface area contributed by atoms with Crippen molar-refractivity contribution >= 4 is 34.4 Å². The average Bonchev–Trinajstić information content (AvgIpc) is 2.21. The van der Waals surface area contributed by atoms with E-state index in [0.717, 1.165) is 0 Å². The summed E-state index contributed by atoms with van der Waals surface area (Å²) in [5.41, 5.74) is 0.395. The van der Waals surface area contributed by atoms with Crippen molar-refractivity contribution in [3.63, 3.8) is 0 Å². The van der Waals surface area contributed by atoms with Crippen LogP contribution in [-0.4, -0.2) is 12.7 Å². The summed E-state index contributed by atoms with van der Waals surface area (Å²) in [5.74, 6) is -0.0820. The highest BCUT2D eigenvalue weighted by atomic mass is 127. The van der Waals surface area contributed by atoms with Crippen LogP contribution in [-0.2, 0) is 4.74 Å². The molecule has 1 amide bonds. The zero-order valence-corrected chi connectivity index (χ0v) is 11.2. The minimum Gasteiger partial charge on any atom is -0.449 e. The van der Waals surface area contributed by atoms with Gasteiger partial charge in [-0.2, -0.15) is 0 Å². The Morgan fingerprint density at radius 2 is 2.25 bits per heavy atom. The predicted molar refractivity (Wildman–Crippen MR) is 68.9 cm³/mol. The first-order valence-electron chi connectivity index (χ1n) is 4.88. The smallest absolute Gasteiger partial charge is 0.411 e. The number of rotatable bonds is 3. The Kier molecular flexibility index (Phi) is 4.98. The van der Waals surface area contributed by atoms with Crippen LogP contribution in [0.5, 0.6) is 0 Å². The number of nitrogens with one attached hydrogen (secondary N) is 1. The highest BCUT2D eigenvalue weighted by Crippen LogP contribution is 2.16. The van der Waals surface area contributed by atoms with Gasteiger partial charge in [0, 0.05) is 9.26 Å². The molecule has 0 aliphatic carbocycles. The third-order valence-electron chi connectivity index (χ3n) is 1.71. The fraction of sp³-hybridized carbons (Fsp3) is 0.364. The van der Waals surface area contributed by atoms with E-state index in [1.165, 1.54) is 6.07 Å². The Hall–Kier alpha value is -0.850. The summed E-state index contributed by atoms with van der Waals surface area (Å²) >= 11 is 1.88. The Bertz CT molecular complexity index is 382. The minimum atomic E-state index is -0.561. The quantitative estimate of drug-likeness (QED) is 0.856. The Morgan fingerprint density at radius 1 is 1.56 bits per heavy atom. The molecule has 0 saturated heterocycles. The maximum atomic E-state index is 13.1. The van der Waals surface area contributed by atoms with Crippen molar-refractivity contribution in [1.29, 1.82) is 0 Å². The van der Waals surface area contributed by atoms with Gasteiger partial charge < -0.3 is 4.74 Å². The molecule has 0 heterocycles. The number of ether oxygens (including phenoxy) is 1. The molecule has 16 heavy (non-hydrogen) atoms. The van der Waals surface area contributed by atoms with Crippen molar-refractivity contribution in [2.24, 2.45) is 5.92 Å². The molecule has 1 rings (SSSR count). The van der Waals surface area contributed by atoms with Crippen molar-refractivity contribution in [1.82, 2.24) is 0 Å². The molecule has 1 aromatic carbocycles. The first kappa shape index (κ1) is 13.2. The second kappa shape index (κ2) is 6.03. The fourth-order valence-corrected chi connectivity index (χ4v) is 1.31. The van der Waals surface area contributed by atoms with Gasteiger partial charge in [-0.15, -0.1) is 0 Å². The van der Waals surface area contributed by atoms with Gasteiger partial charge in [-0.1, -0.05) is 13.8 Å². The zero-order valence-electron chi connectivity index (χ0n) is 9.09. The summed E-state index contributed by atoms with van der Waals surface area (Å²) in [7, 11) is 0. The molecule has 1 aromatic rings. The third-order valence-corrected chi connectivity index (χ3v) is 2.59. The van der Waals surface area contributed by atoms with Gasteiger partial charge in [-0.3, -0.25) is 5.32 Å². The van der Waals surface area contributed by atoms with Crippen LogP contribution < -0.4 is 5.32 Å². The van der Waals surface area contributed by atoms with E-state index in [-0.39, 0.29) is 11.7 Å². The fourth-order valence-electron chi connectivity index (χ4n) is 0.970. The van der Waals surface area contributed by atoms with Gasteiger partial charge in [-0.25, -0.2) is 9.18 Å². The molecule has 3 nitrogen and oxygen atoms in total. The number of halogens is 2. The summed E-state index contributed by atoms with van der Waals surface area (Å²) in [5, 5.41) is 2.46. The first-order chi connectivity index (χ1) is 7.49. The lowest BCUT2D eigenvalue weighted by atomic mass is 10.2. The number of carbonyl (C=O) groups excluding carboxylic acids is 1. The van der Waals surface area contributed by atoms with Gasteiger partial charge in [0.25, 0.3) is 0 Å². The van der Waals surface area contributed by atoms with Gasteiger partial charge in [0.1, 0.15) is 5.82 Å². The SMILES string of the molecule is CC(C)COC(=O)Nc1ccc(I)c(F)c1. The Morgan fingerprint density at radius 3 is 2.81 bits per heavy atom. The number of benzene rings is 1. The van der Waals surface area contributed by atoms with E-state index < -0.39 is 6.09 Å². The maximum Gasteiger partial charge on any atom is 0.411 e. The maximum absolute atomic E-state index is 13.1. The summed E-state index contributed by atoms with van der Waals surface area (Å²) in [4.78, 5) is 11.3. The Balaban J connectivity index is 2.53. The van der Waals surface area contributed by atoms with E-state index >= 15 is 0 Å². The van der Waals surface area contributed by atoms with Gasteiger partial charge in [0.15, 0.2) is 0 Å². The first-order valence-corrected chi connectivity index (χ1v) is 5.95. The highest BCUT2D eigenvalue weighted by Gasteiger charge is 2.06. The van der Waals surface area contributed by atoms with Crippen LogP contribution in [0.3, 0.4) is 0 Å². The highest BCUT2D eigenvalue weighted by molar-refractivity contribution is 14.1. The number of amides is 1. The predicted octanol–water partition coefficient (Wildman–Crippen LogP) is 3.63. The number of hydrogen-bond acceptors (Lipinski definition) is 2. The van der Waals surface area contributed by atoms with E-state index in [4.69, 9.17) is 4.74 Å². The standard InChI is InChI=1S/C11H13FINO2/c1-7(2)6-16-11(15)14-8-3-4-10(13)9(12)5-8/h3-5,7H,6H2,1-2H3,(H,14,15). The zero-order chi connectivity index (χ0) is 12.1. The molecule has 5 heteroatoms. The summed E-state index contributed by atoms with van der Waals surface area (Å²) in [6.07, 6.45) is -0.561. The molecule has 0 aromatic heterocycles. The molecular formula is C11H13FINO2. The molecule has 0 radical (unpaired) electrons. The Labute approximate surface area is 108 Å². The van der Waals surface area contributed by atoms with Crippen LogP contribution in [0.2, 0.25) is 0 Å². The molecule has 0 spiro atoms. The monoisotopic (exact) mass is 337 g/mol. The van der Waals surface area contributed by atoms with E-state index in [0.29, 0.717) is 15.9 Å². The number of anilines is 1. The molecule has 0 fully saturated rings. The molecule has 88 valence electrons. The topological polar surface area (TPSA) is 38.3 Å². The van der Waals surface area contributed by atoms with E-state index in [2.05, 4.69) is 5.32 Å². The van der Waals surface area contributed by atoms with E-state index in [1.54, 1.807) is 12.1 Å².